The zero-order valence-electron chi connectivity index (χ0n) is 16.1. The number of allylic oxidation sites excluding steroid dienone is 4. The fourth-order valence-electron chi connectivity index (χ4n) is 4.43. The van der Waals surface area contributed by atoms with Gasteiger partial charge in [-0.25, -0.2) is 0 Å². The van der Waals surface area contributed by atoms with Gasteiger partial charge in [-0.15, -0.1) is 0 Å². The third kappa shape index (κ3) is 4.07. The van der Waals surface area contributed by atoms with E-state index in [1.807, 2.05) is 0 Å². The van der Waals surface area contributed by atoms with Crippen LogP contribution >= 0.6 is 0 Å². The second-order valence-electron chi connectivity index (χ2n) is 7.28. The standard InChI is InChI=1S/C13H9.C8H8.C5H5.2FH.Zr/c1-3-7-12-10(5-1)9-11-6-2-4-8-13(11)12;1-2-8-6-4-3-5-7-8;1-2-4-5-3-1;;;/h1-9H;1,3-7H,2H2;1-3H,4H2;2*1H;/q;;;;;+2/p-2. The maximum Gasteiger partial charge on any atom is -1.00 e. The second kappa shape index (κ2) is 9.50. The number of benzene rings is 3. The number of hydrogen-bond donors (Lipinski definition) is 0. The quantitative estimate of drug-likeness (QED) is 0.521. The molecular weight excluding hydrogens is 442 g/mol. The third-order valence-corrected chi connectivity index (χ3v) is 13.1. The van der Waals surface area contributed by atoms with Crippen LogP contribution in [0, 0.1) is 0 Å². The Morgan fingerprint density at radius 1 is 0.759 bits per heavy atom. The van der Waals surface area contributed by atoms with Gasteiger partial charge in [-0.3, -0.25) is 0 Å². The summed E-state index contributed by atoms with van der Waals surface area (Å²) in [5.74, 6) is 0. The van der Waals surface area contributed by atoms with Crippen molar-refractivity contribution in [3.8, 4) is 11.1 Å². The van der Waals surface area contributed by atoms with Crippen LogP contribution in [-0.4, -0.2) is 3.71 Å². The molecule has 0 heterocycles. The molecule has 0 spiro atoms. The number of halogens is 2. The monoisotopic (exact) mass is 462 g/mol. The summed E-state index contributed by atoms with van der Waals surface area (Å²) in [5.41, 5.74) is 7.46. The largest absolute Gasteiger partial charge is 1.00 e. The number of fused-ring (bicyclic) bond motifs is 3. The first-order valence-corrected chi connectivity index (χ1v) is 13.8. The Hall–Kier alpha value is -2.25. The fourth-order valence-corrected chi connectivity index (χ4v) is 12.1. The van der Waals surface area contributed by atoms with E-state index in [0.717, 1.165) is 12.8 Å². The van der Waals surface area contributed by atoms with Crippen LogP contribution in [0.1, 0.15) is 26.7 Å². The molecule has 0 nitrogen and oxygen atoms in total. The van der Waals surface area contributed by atoms with E-state index in [1.165, 1.54) is 16.7 Å². The van der Waals surface area contributed by atoms with Crippen LogP contribution < -0.4 is 9.41 Å². The van der Waals surface area contributed by atoms with Crippen LogP contribution in [0.25, 0.3) is 11.1 Å². The molecule has 5 rings (SSSR count). The van der Waals surface area contributed by atoms with Gasteiger partial charge in [-0.2, -0.15) is 0 Å². The molecular formula is C26H22F2Zr. The van der Waals surface area contributed by atoms with Crippen LogP contribution in [0.2, 0.25) is 0 Å². The van der Waals surface area contributed by atoms with Gasteiger partial charge in [0.05, 0.1) is 0 Å². The smallest absolute Gasteiger partial charge is 1.00 e. The first-order valence-electron chi connectivity index (χ1n) is 9.70. The Bertz CT molecular complexity index is 1040. The van der Waals surface area contributed by atoms with Crippen LogP contribution in [0.5, 0.6) is 0 Å². The summed E-state index contributed by atoms with van der Waals surface area (Å²) in [5, 5.41) is 0. The number of rotatable bonds is 4. The van der Waals surface area contributed by atoms with Crippen molar-refractivity contribution in [1.29, 1.82) is 0 Å². The van der Waals surface area contributed by atoms with Gasteiger partial charge in [-0.1, -0.05) is 0 Å². The van der Waals surface area contributed by atoms with Crippen molar-refractivity contribution in [3.63, 3.8) is 0 Å². The van der Waals surface area contributed by atoms with E-state index in [2.05, 4.69) is 101 Å². The molecule has 0 bridgehead atoms. The van der Waals surface area contributed by atoms with E-state index in [1.54, 1.807) is 14.4 Å². The van der Waals surface area contributed by atoms with Crippen molar-refractivity contribution in [2.75, 3.05) is 0 Å². The molecule has 0 saturated carbocycles. The molecule has 0 amide bonds. The normalized spacial score (nSPS) is 13.9. The summed E-state index contributed by atoms with van der Waals surface area (Å²) in [4.78, 5) is 0. The summed E-state index contributed by atoms with van der Waals surface area (Å²) < 4.78 is 5.07. The maximum atomic E-state index is 2.74. The fraction of sp³-hybridized carbons (Fsp3) is 0.115. The molecule has 3 heteroatoms. The predicted molar refractivity (Wildman–Crippen MR) is 112 cm³/mol. The van der Waals surface area contributed by atoms with Gasteiger partial charge in [0.25, 0.3) is 0 Å². The molecule has 2 aliphatic rings. The summed E-state index contributed by atoms with van der Waals surface area (Å²) in [6, 6.07) is 29.1. The maximum absolute atomic E-state index is 2.74. The van der Waals surface area contributed by atoms with E-state index in [-0.39, 0.29) is 9.41 Å². The van der Waals surface area contributed by atoms with E-state index in [4.69, 9.17) is 0 Å². The van der Waals surface area contributed by atoms with Crippen molar-refractivity contribution < 1.29 is 30.7 Å². The zero-order chi connectivity index (χ0) is 18.1. The van der Waals surface area contributed by atoms with Gasteiger partial charge in [-0.05, 0) is 0 Å². The van der Waals surface area contributed by atoms with E-state index in [9.17, 15) is 0 Å². The van der Waals surface area contributed by atoms with Gasteiger partial charge in [0.15, 0.2) is 0 Å². The molecule has 0 atom stereocenters. The minimum absolute atomic E-state index is 0. The first kappa shape index (κ1) is 21.5. The topological polar surface area (TPSA) is 0 Å². The average molecular weight is 464 g/mol. The molecule has 3 aromatic carbocycles. The molecule has 0 radical (unpaired) electrons. The molecule has 0 unspecified atom stereocenters. The molecule has 0 fully saturated rings. The molecule has 0 aliphatic heterocycles. The Labute approximate surface area is 178 Å². The Kier molecular flexibility index (Phi) is 7.03. The zero-order valence-corrected chi connectivity index (χ0v) is 18.5. The third-order valence-electron chi connectivity index (χ3n) is 5.69. The molecule has 144 valence electrons. The van der Waals surface area contributed by atoms with Crippen LogP contribution in [-0.2, 0) is 27.7 Å². The van der Waals surface area contributed by atoms with Crippen molar-refractivity contribution in [2.45, 2.75) is 16.5 Å². The van der Waals surface area contributed by atoms with Crippen molar-refractivity contribution in [1.82, 2.24) is 0 Å². The van der Waals surface area contributed by atoms with E-state index < -0.39 is 21.3 Å². The van der Waals surface area contributed by atoms with Gasteiger partial charge in [0.1, 0.15) is 0 Å². The minimum atomic E-state index is -2.03. The molecule has 0 saturated heterocycles. The van der Waals surface area contributed by atoms with E-state index >= 15 is 0 Å². The Balaban J connectivity index is 0.00000120. The van der Waals surface area contributed by atoms with Gasteiger partial charge < -0.3 is 9.41 Å². The van der Waals surface area contributed by atoms with Gasteiger partial charge >= 0.3 is 170 Å². The number of hydrogen-bond acceptors (Lipinski definition) is 0. The van der Waals surface area contributed by atoms with Gasteiger partial charge in [0.2, 0.25) is 0 Å². The first-order chi connectivity index (χ1) is 13.4. The molecule has 0 N–H and O–H groups in total. The summed E-state index contributed by atoms with van der Waals surface area (Å²) in [6.07, 6.45) is 9.26. The average Bonchev–Trinajstić information content (AvgIpc) is 3.37. The van der Waals surface area contributed by atoms with Crippen LogP contribution in [0.4, 0.5) is 0 Å². The van der Waals surface area contributed by atoms with Crippen molar-refractivity contribution in [3.05, 3.63) is 117 Å². The van der Waals surface area contributed by atoms with Crippen LogP contribution in [0.3, 0.4) is 0 Å². The minimum Gasteiger partial charge on any atom is -1.00 e. The van der Waals surface area contributed by atoms with Crippen LogP contribution in [0.15, 0.2) is 100 Å². The molecule has 3 aromatic rings. The van der Waals surface area contributed by atoms with Crippen molar-refractivity contribution >= 4 is 3.71 Å². The Morgan fingerprint density at radius 2 is 1.34 bits per heavy atom. The summed E-state index contributed by atoms with van der Waals surface area (Å²) in [6.45, 7) is 0. The molecule has 0 aromatic heterocycles. The second-order valence-corrected chi connectivity index (χ2v) is 13.5. The molecule has 2 aliphatic carbocycles. The predicted octanol–water partition coefficient (Wildman–Crippen LogP) is 0.271. The van der Waals surface area contributed by atoms with Gasteiger partial charge in [0, 0.05) is 0 Å². The van der Waals surface area contributed by atoms with E-state index in [0.29, 0.717) is 3.63 Å². The van der Waals surface area contributed by atoms with Crippen molar-refractivity contribution in [2.24, 2.45) is 0 Å². The SMILES string of the molecule is C1=CC[C](/[Zr+2](=[CH]\Cc2ccccc2)[CH]2c3ccccc3-c3ccccc32)=C1.[F-].[F-]. The Morgan fingerprint density at radius 3 is 1.93 bits per heavy atom. The summed E-state index contributed by atoms with van der Waals surface area (Å²) >= 11 is -2.03. The summed E-state index contributed by atoms with van der Waals surface area (Å²) in [7, 11) is 0. The molecule has 29 heavy (non-hydrogen) atoms.